The molecule has 0 saturated carbocycles. The number of ether oxygens (including phenoxy) is 2. The zero-order valence-electron chi connectivity index (χ0n) is 23.2. The van der Waals surface area contributed by atoms with Gasteiger partial charge < -0.3 is 18.8 Å². The van der Waals surface area contributed by atoms with Gasteiger partial charge in [0.1, 0.15) is 17.9 Å². The molecule has 1 aliphatic heterocycles. The summed E-state index contributed by atoms with van der Waals surface area (Å²) < 4.78 is 16.4. The van der Waals surface area contributed by atoms with Gasteiger partial charge >= 0.3 is 11.6 Å². The molecule has 0 spiro atoms. The summed E-state index contributed by atoms with van der Waals surface area (Å²) in [7, 11) is 0. The Morgan fingerprint density at radius 2 is 1.63 bits per heavy atom. The van der Waals surface area contributed by atoms with Crippen LogP contribution in [0.4, 0.5) is 0 Å². The van der Waals surface area contributed by atoms with Crippen LogP contribution < -0.4 is 10.4 Å². The van der Waals surface area contributed by atoms with Crippen LogP contribution in [0.25, 0.3) is 11.0 Å². The molecule has 210 valence electrons. The highest BCUT2D eigenvalue weighted by molar-refractivity contribution is 5.81. The van der Waals surface area contributed by atoms with E-state index in [0.717, 1.165) is 36.9 Å². The van der Waals surface area contributed by atoms with Crippen molar-refractivity contribution in [2.24, 2.45) is 0 Å². The second-order valence-electron chi connectivity index (χ2n) is 10.2. The molecule has 0 unspecified atom stereocenters. The van der Waals surface area contributed by atoms with Crippen LogP contribution in [0.2, 0.25) is 0 Å². The summed E-state index contributed by atoms with van der Waals surface area (Å²) in [5, 5.41) is 0.846. The Hall–Kier alpha value is -2.87. The van der Waals surface area contributed by atoms with Crippen LogP contribution in [0.1, 0.15) is 76.7 Å². The number of hydrogen-bond donors (Lipinski definition) is 0. The quantitative estimate of drug-likeness (QED) is 0.170. The Morgan fingerprint density at radius 1 is 0.895 bits per heavy atom. The average molecular weight is 529 g/mol. The molecule has 3 rings (SSSR count). The van der Waals surface area contributed by atoms with Gasteiger partial charge in [-0.05, 0) is 43.5 Å². The third-order valence-electron chi connectivity index (χ3n) is 7.10. The molecule has 1 fully saturated rings. The summed E-state index contributed by atoms with van der Waals surface area (Å²) in [6.45, 7) is 8.64. The largest absolute Gasteiger partial charge is 0.494 e. The number of piperazine rings is 1. The van der Waals surface area contributed by atoms with Crippen molar-refractivity contribution >= 4 is 22.8 Å². The zero-order valence-corrected chi connectivity index (χ0v) is 23.2. The third-order valence-corrected chi connectivity index (χ3v) is 7.10. The standard InChI is InChI=1S/C30H44N2O6/c1-3-4-5-6-7-8-9-12-29(34)37-21-19-31-15-17-32(18-16-31)28(33)11-10-20-36-25-13-14-27-26(23-25)24(2)22-30(35)38-27/h13-14,22-23H,3-12,15-21H2,1-2H3. The smallest absolute Gasteiger partial charge is 0.336 e. The third kappa shape index (κ3) is 10.1. The van der Waals surface area contributed by atoms with E-state index in [1.807, 2.05) is 17.9 Å². The van der Waals surface area contributed by atoms with E-state index in [2.05, 4.69) is 11.8 Å². The molecule has 0 aliphatic carbocycles. The maximum Gasteiger partial charge on any atom is 0.336 e. The molecular formula is C30H44N2O6. The lowest BCUT2D eigenvalue weighted by molar-refractivity contribution is -0.144. The van der Waals surface area contributed by atoms with Gasteiger partial charge in [0, 0.05) is 57.0 Å². The highest BCUT2D eigenvalue weighted by Gasteiger charge is 2.20. The first-order valence-electron chi connectivity index (χ1n) is 14.3. The summed E-state index contributed by atoms with van der Waals surface area (Å²) in [6, 6.07) is 6.84. The van der Waals surface area contributed by atoms with Crippen molar-refractivity contribution in [3.63, 3.8) is 0 Å². The lowest BCUT2D eigenvalue weighted by atomic mass is 10.1. The fourth-order valence-corrected chi connectivity index (χ4v) is 4.77. The van der Waals surface area contributed by atoms with Crippen molar-refractivity contribution in [1.29, 1.82) is 0 Å². The highest BCUT2D eigenvalue weighted by Crippen LogP contribution is 2.22. The minimum absolute atomic E-state index is 0.0972. The summed E-state index contributed by atoms with van der Waals surface area (Å²) in [5.41, 5.74) is 1.02. The molecule has 1 aliphatic rings. The fraction of sp³-hybridized carbons (Fsp3) is 0.633. The van der Waals surface area contributed by atoms with E-state index < -0.39 is 0 Å². The van der Waals surface area contributed by atoms with E-state index >= 15 is 0 Å². The average Bonchev–Trinajstić information content (AvgIpc) is 2.91. The number of esters is 1. The minimum Gasteiger partial charge on any atom is -0.494 e. The molecule has 0 atom stereocenters. The second-order valence-corrected chi connectivity index (χ2v) is 10.2. The van der Waals surface area contributed by atoms with E-state index in [1.165, 1.54) is 38.2 Å². The molecule has 38 heavy (non-hydrogen) atoms. The van der Waals surface area contributed by atoms with Gasteiger partial charge in [-0.15, -0.1) is 0 Å². The number of fused-ring (bicyclic) bond motifs is 1. The van der Waals surface area contributed by atoms with Crippen molar-refractivity contribution in [3.05, 3.63) is 40.2 Å². The van der Waals surface area contributed by atoms with Crippen LogP contribution in [-0.4, -0.2) is 67.6 Å². The zero-order chi connectivity index (χ0) is 27.2. The first-order chi connectivity index (χ1) is 18.5. The lowest BCUT2D eigenvalue weighted by Crippen LogP contribution is -2.49. The van der Waals surface area contributed by atoms with Crippen molar-refractivity contribution in [3.8, 4) is 5.75 Å². The summed E-state index contributed by atoms with van der Waals surface area (Å²) in [5.74, 6) is 0.740. The normalized spacial score (nSPS) is 14.1. The van der Waals surface area contributed by atoms with Gasteiger partial charge in [-0.3, -0.25) is 14.5 Å². The van der Waals surface area contributed by atoms with Gasteiger partial charge in [0.25, 0.3) is 0 Å². The number of aryl methyl sites for hydroxylation is 1. The molecule has 0 radical (unpaired) electrons. The summed E-state index contributed by atoms with van der Waals surface area (Å²) in [6.07, 6.45) is 9.92. The molecule has 8 nitrogen and oxygen atoms in total. The number of hydrogen-bond acceptors (Lipinski definition) is 7. The molecule has 1 amide bonds. The van der Waals surface area contributed by atoms with Crippen molar-refractivity contribution in [2.75, 3.05) is 45.9 Å². The van der Waals surface area contributed by atoms with Gasteiger partial charge in [-0.2, -0.15) is 0 Å². The predicted octanol–water partition coefficient (Wildman–Crippen LogP) is 5.09. The van der Waals surface area contributed by atoms with Gasteiger partial charge in [0.15, 0.2) is 0 Å². The van der Waals surface area contributed by atoms with Gasteiger partial charge in [-0.1, -0.05) is 45.4 Å². The number of unbranched alkanes of at least 4 members (excludes halogenated alkanes) is 6. The summed E-state index contributed by atoms with van der Waals surface area (Å²) in [4.78, 5) is 40.2. The maximum absolute atomic E-state index is 12.6. The summed E-state index contributed by atoms with van der Waals surface area (Å²) >= 11 is 0. The number of carbonyl (C=O) groups is 2. The maximum atomic E-state index is 12.6. The van der Waals surface area contributed by atoms with E-state index in [1.54, 1.807) is 12.1 Å². The van der Waals surface area contributed by atoms with Crippen molar-refractivity contribution in [1.82, 2.24) is 9.80 Å². The molecular weight excluding hydrogens is 484 g/mol. The fourth-order valence-electron chi connectivity index (χ4n) is 4.77. The van der Waals surface area contributed by atoms with Crippen molar-refractivity contribution < 1.29 is 23.5 Å². The number of amides is 1. The second kappa shape index (κ2) is 16.2. The Kier molecular flexibility index (Phi) is 12.6. The lowest BCUT2D eigenvalue weighted by Gasteiger charge is -2.34. The Labute approximate surface area is 226 Å². The highest BCUT2D eigenvalue weighted by atomic mass is 16.5. The van der Waals surface area contributed by atoms with Crippen LogP contribution in [0.5, 0.6) is 5.75 Å². The predicted molar refractivity (Wildman–Crippen MR) is 149 cm³/mol. The Balaban J connectivity index is 1.23. The SMILES string of the molecule is CCCCCCCCCC(=O)OCCN1CCN(C(=O)CCCOc2ccc3oc(=O)cc(C)c3c2)CC1. The van der Waals surface area contributed by atoms with Crippen LogP contribution in [0.15, 0.2) is 33.5 Å². The van der Waals surface area contributed by atoms with E-state index in [9.17, 15) is 14.4 Å². The molecule has 1 saturated heterocycles. The van der Waals surface area contributed by atoms with Crippen LogP contribution >= 0.6 is 0 Å². The van der Waals surface area contributed by atoms with Gasteiger partial charge in [0.05, 0.1) is 6.61 Å². The molecule has 1 aromatic carbocycles. The molecule has 8 heteroatoms. The Bertz CT molecular complexity index is 1070. The van der Waals surface area contributed by atoms with Crippen LogP contribution in [-0.2, 0) is 14.3 Å². The van der Waals surface area contributed by atoms with Crippen LogP contribution in [0.3, 0.4) is 0 Å². The monoisotopic (exact) mass is 528 g/mol. The Morgan fingerprint density at radius 3 is 2.39 bits per heavy atom. The number of nitrogens with zero attached hydrogens (tertiary/aromatic N) is 2. The molecule has 0 bridgehead atoms. The number of rotatable bonds is 16. The molecule has 0 N–H and O–H groups in total. The first-order valence-corrected chi connectivity index (χ1v) is 14.3. The first kappa shape index (κ1) is 29.7. The van der Waals surface area contributed by atoms with E-state index in [-0.39, 0.29) is 17.5 Å². The van der Waals surface area contributed by atoms with Crippen molar-refractivity contribution in [2.45, 2.75) is 78.1 Å². The van der Waals surface area contributed by atoms with Gasteiger partial charge in [0.2, 0.25) is 5.91 Å². The number of carbonyl (C=O) groups excluding carboxylic acids is 2. The van der Waals surface area contributed by atoms with E-state index in [0.29, 0.717) is 63.4 Å². The molecule has 2 heterocycles. The molecule has 2 aromatic rings. The van der Waals surface area contributed by atoms with Crippen LogP contribution in [0, 0.1) is 6.92 Å². The molecule has 1 aromatic heterocycles. The van der Waals surface area contributed by atoms with Gasteiger partial charge in [-0.25, -0.2) is 4.79 Å². The minimum atomic E-state index is -0.361. The van der Waals surface area contributed by atoms with E-state index in [4.69, 9.17) is 13.9 Å². The topological polar surface area (TPSA) is 89.3 Å². The number of benzene rings is 1.